The van der Waals surface area contributed by atoms with E-state index in [0.717, 1.165) is 12.8 Å². The van der Waals surface area contributed by atoms with E-state index in [2.05, 4.69) is 6.92 Å². The second-order valence-corrected chi connectivity index (χ2v) is 7.42. The van der Waals surface area contributed by atoms with Gasteiger partial charge in [-0.2, -0.15) is 0 Å². The van der Waals surface area contributed by atoms with E-state index in [1.165, 1.54) is 89.9 Å². The van der Waals surface area contributed by atoms with Gasteiger partial charge in [0.2, 0.25) is 0 Å². The zero-order chi connectivity index (χ0) is 19.3. The summed E-state index contributed by atoms with van der Waals surface area (Å²) >= 11 is 0. The molecule has 0 aromatic carbocycles. The lowest BCUT2D eigenvalue weighted by Gasteiger charge is -2.05. The van der Waals surface area contributed by atoms with Gasteiger partial charge in [0.05, 0.1) is 19.4 Å². The lowest BCUT2D eigenvalue weighted by atomic mass is 10.0. The molecule has 0 aliphatic heterocycles. The van der Waals surface area contributed by atoms with E-state index in [4.69, 9.17) is 9.84 Å². The summed E-state index contributed by atoms with van der Waals surface area (Å²) in [5.74, 6) is -1.35. The van der Waals surface area contributed by atoms with E-state index in [1.807, 2.05) is 0 Å². The highest BCUT2D eigenvalue weighted by atomic mass is 16.5. The third-order valence-electron chi connectivity index (χ3n) is 4.80. The molecule has 0 aromatic heterocycles. The zero-order valence-corrected chi connectivity index (χ0v) is 17.1. The predicted molar refractivity (Wildman–Crippen MR) is 107 cm³/mol. The summed E-state index contributed by atoms with van der Waals surface area (Å²) in [5.41, 5.74) is 0. The second kappa shape index (κ2) is 20.3. The molecule has 0 amide bonds. The number of rotatable bonds is 20. The third-order valence-corrected chi connectivity index (χ3v) is 4.80. The molecule has 0 saturated heterocycles. The van der Waals surface area contributed by atoms with Crippen LogP contribution in [0.1, 0.15) is 122 Å². The van der Waals surface area contributed by atoms with E-state index in [-0.39, 0.29) is 12.8 Å². The molecular weight excluding hydrogens is 328 g/mol. The third kappa shape index (κ3) is 21.0. The number of ether oxygens (including phenoxy) is 1. The Labute approximate surface area is 161 Å². The van der Waals surface area contributed by atoms with Crippen LogP contribution in [-0.2, 0) is 14.3 Å². The first-order valence-electron chi connectivity index (χ1n) is 11.0. The first-order chi connectivity index (χ1) is 12.7. The van der Waals surface area contributed by atoms with E-state index < -0.39 is 11.9 Å². The average Bonchev–Trinajstić information content (AvgIpc) is 2.62. The van der Waals surface area contributed by atoms with Crippen LogP contribution in [0.2, 0.25) is 0 Å². The molecular formula is C22H42O4. The number of carbonyl (C=O) groups excluding carboxylic acids is 1. The molecule has 0 unspecified atom stereocenters. The van der Waals surface area contributed by atoms with Crippen LogP contribution in [0.15, 0.2) is 0 Å². The highest BCUT2D eigenvalue weighted by Crippen LogP contribution is 2.13. The van der Waals surface area contributed by atoms with E-state index >= 15 is 0 Å². The number of hydrogen-bond acceptors (Lipinski definition) is 3. The van der Waals surface area contributed by atoms with Crippen molar-refractivity contribution in [3.63, 3.8) is 0 Å². The summed E-state index contributed by atoms with van der Waals surface area (Å²) in [6.45, 7) is 2.70. The minimum atomic E-state index is -0.954. The largest absolute Gasteiger partial charge is 0.481 e. The summed E-state index contributed by atoms with van der Waals surface area (Å²) in [6, 6.07) is 0. The molecule has 0 saturated carbocycles. The van der Waals surface area contributed by atoms with Gasteiger partial charge in [-0.25, -0.2) is 0 Å². The van der Waals surface area contributed by atoms with Crippen LogP contribution < -0.4 is 0 Å². The van der Waals surface area contributed by atoms with Gasteiger partial charge in [0.15, 0.2) is 0 Å². The standard InChI is InChI=1S/C22H42O4/c1-2-3-4-5-6-7-8-9-10-11-12-13-14-15-16-17-20-26-22(25)19-18-21(23)24/h2-20H2,1H3,(H,23,24). The van der Waals surface area contributed by atoms with E-state index in [0.29, 0.717) is 6.61 Å². The topological polar surface area (TPSA) is 63.6 Å². The number of aliphatic carboxylic acids is 1. The van der Waals surface area contributed by atoms with Gasteiger partial charge in [0.1, 0.15) is 0 Å². The monoisotopic (exact) mass is 370 g/mol. The maximum absolute atomic E-state index is 11.2. The average molecular weight is 371 g/mol. The molecule has 0 bridgehead atoms. The molecule has 1 N–H and O–H groups in total. The van der Waals surface area contributed by atoms with Gasteiger partial charge >= 0.3 is 11.9 Å². The summed E-state index contributed by atoms with van der Waals surface area (Å²) in [5, 5.41) is 8.47. The van der Waals surface area contributed by atoms with Gasteiger partial charge in [-0.15, -0.1) is 0 Å². The molecule has 0 aromatic rings. The molecule has 0 aliphatic carbocycles. The fraction of sp³-hybridized carbons (Fsp3) is 0.909. The lowest BCUT2D eigenvalue weighted by Crippen LogP contribution is -2.08. The minimum Gasteiger partial charge on any atom is -0.481 e. The van der Waals surface area contributed by atoms with Gasteiger partial charge in [0, 0.05) is 0 Å². The quantitative estimate of drug-likeness (QED) is 0.192. The molecule has 0 rings (SSSR count). The number of carboxylic acids is 1. The molecule has 0 aliphatic rings. The molecule has 4 heteroatoms. The Balaban J connectivity index is 3.09. The zero-order valence-electron chi connectivity index (χ0n) is 17.1. The number of carbonyl (C=O) groups is 2. The van der Waals surface area contributed by atoms with Gasteiger partial charge in [-0.3, -0.25) is 9.59 Å². The van der Waals surface area contributed by atoms with Gasteiger partial charge < -0.3 is 9.84 Å². The Hall–Kier alpha value is -1.06. The van der Waals surface area contributed by atoms with Crippen LogP contribution in [0.25, 0.3) is 0 Å². The van der Waals surface area contributed by atoms with Gasteiger partial charge in [-0.05, 0) is 6.42 Å². The maximum atomic E-state index is 11.2. The van der Waals surface area contributed by atoms with Crippen LogP contribution >= 0.6 is 0 Å². The Morgan fingerprint density at radius 2 is 1.00 bits per heavy atom. The van der Waals surface area contributed by atoms with Crippen molar-refractivity contribution in [2.24, 2.45) is 0 Å². The first kappa shape index (κ1) is 24.9. The Morgan fingerprint density at radius 3 is 1.38 bits per heavy atom. The summed E-state index contributed by atoms with van der Waals surface area (Å²) < 4.78 is 5.01. The molecule has 0 atom stereocenters. The van der Waals surface area contributed by atoms with Crippen LogP contribution in [0.5, 0.6) is 0 Å². The first-order valence-corrected chi connectivity index (χ1v) is 11.0. The Kier molecular flexibility index (Phi) is 19.4. The lowest BCUT2D eigenvalue weighted by molar-refractivity contribution is -0.147. The van der Waals surface area contributed by atoms with Crippen molar-refractivity contribution >= 4 is 11.9 Å². The van der Waals surface area contributed by atoms with Crippen LogP contribution in [0, 0.1) is 0 Å². The summed E-state index contributed by atoms with van der Waals surface area (Å²) in [7, 11) is 0. The number of esters is 1. The SMILES string of the molecule is CCCCCCCCCCCCCCCCCCOC(=O)CCC(=O)O. The van der Waals surface area contributed by atoms with Crippen molar-refractivity contribution in [1.29, 1.82) is 0 Å². The second-order valence-electron chi connectivity index (χ2n) is 7.42. The predicted octanol–water partition coefficient (Wildman–Crippen LogP) is 6.66. The van der Waals surface area contributed by atoms with Crippen molar-refractivity contribution in [2.75, 3.05) is 6.61 Å². The van der Waals surface area contributed by atoms with Crippen molar-refractivity contribution in [1.82, 2.24) is 0 Å². The van der Waals surface area contributed by atoms with Crippen LogP contribution in [0.3, 0.4) is 0 Å². The maximum Gasteiger partial charge on any atom is 0.306 e. The summed E-state index contributed by atoms with van der Waals surface area (Å²) in [4.78, 5) is 21.6. The number of carboxylic acid groups (broad SMARTS) is 1. The molecule has 0 spiro atoms. The van der Waals surface area contributed by atoms with Crippen LogP contribution in [0.4, 0.5) is 0 Å². The Morgan fingerprint density at radius 1 is 0.615 bits per heavy atom. The van der Waals surface area contributed by atoms with Crippen LogP contribution in [-0.4, -0.2) is 23.7 Å². The van der Waals surface area contributed by atoms with Crippen molar-refractivity contribution in [3.8, 4) is 0 Å². The van der Waals surface area contributed by atoms with Crippen molar-refractivity contribution < 1.29 is 19.4 Å². The van der Waals surface area contributed by atoms with Crippen molar-refractivity contribution in [3.05, 3.63) is 0 Å². The summed E-state index contributed by atoms with van der Waals surface area (Å²) in [6.07, 6.45) is 21.0. The van der Waals surface area contributed by atoms with E-state index in [1.54, 1.807) is 0 Å². The molecule has 0 fully saturated rings. The smallest absolute Gasteiger partial charge is 0.306 e. The molecule has 4 nitrogen and oxygen atoms in total. The fourth-order valence-electron chi connectivity index (χ4n) is 3.12. The Bertz CT molecular complexity index is 328. The normalized spacial score (nSPS) is 10.8. The minimum absolute atomic E-state index is 0.0197. The van der Waals surface area contributed by atoms with Gasteiger partial charge in [0.25, 0.3) is 0 Å². The molecule has 154 valence electrons. The molecule has 0 heterocycles. The molecule has 26 heavy (non-hydrogen) atoms. The number of unbranched alkanes of at least 4 members (excludes halogenated alkanes) is 15. The highest BCUT2D eigenvalue weighted by molar-refractivity contribution is 5.76. The van der Waals surface area contributed by atoms with Gasteiger partial charge in [-0.1, -0.05) is 103 Å². The fourth-order valence-corrected chi connectivity index (χ4v) is 3.12. The highest BCUT2D eigenvalue weighted by Gasteiger charge is 2.05. The van der Waals surface area contributed by atoms with Crippen molar-refractivity contribution in [2.45, 2.75) is 122 Å². The number of hydrogen-bond donors (Lipinski definition) is 1. The van der Waals surface area contributed by atoms with E-state index in [9.17, 15) is 9.59 Å². The molecule has 0 radical (unpaired) electrons.